The number of rotatable bonds is 3. The molecule has 0 aromatic carbocycles. The van der Waals surface area contributed by atoms with E-state index in [1.54, 1.807) is 0 Å². The average molecular weight is 163 g/mol. The minimum Gasteiger partial charge on any atom is -0.392 e. The Morgan fingerprint density at radius 2 is 2.25 bits per heavy atom. The van der Waals surface area contributed by atoms with Gasteiger partial charge in [-0.1, -0.05) is 23.8 Å². The van der Waals surface area contributed by atoms with E-state index in [0.29, 0.717) is 0 Å². The summed E-state index contributed by atoms with van der Waals surface area (Å²) in [4.78, 5) is 0. The van der Waals surface area contributed by atoms with E-state index in [9.17, 15) is 0 Å². The fourth-order valence-electron chi connectivity index (χ4n) is 1.52. The highest BCUT2D eigenvalue weighted by molar-refractivity contribution is 5.39. The van der Waals surface area contributed by atoms with Crippen LogP contribution in [0.15, 0.2) is 35.1 Å². The highest BCUT2D eigenvalue weighted by Gasteiger charge is 2.09. The molecule has 0 amide bonds. The Morgan fingerprint density at radius 1 is 1.58 bits per heavy atom. The average Bonchev–Trinajstić information content (AvgIpc) is 2.30. The van der Waals surface area contributed by atoms with Crippen molar-refractivity contribution in [3.63, 3.8) is 0 Å². The van der Waals surface area contributed by atoms with Crippen LogP contribution in [-0.2, 0) is 0 Å². The predicted octanol–water partition coefficient (Wildman–Crippen LogP) is 2.78. The summed E-state index contributed by atoms with van der Waals surface area (Å²) < 4.78 is 0. The van der Waals surface area contributed by atoms with Gasteiger partial charge in [0.2, 0.25) is 0 Å². The summed E-state index contributed by atoms with van der Waals surface area (Å²) in [5.41, 5.74) is 5.48. The van der Waals surface area contributed by atoms with Gasteiger partial charge in [-0.3, -0.25) is 0 Å². The van der Waals surface area contributed by atoms with Gasteiger partial charge < -0.3 is 5.32 Å². The van der Waals surface area contributed by atoms with Gasteiger partial charge in [0.25, 0.3) is 0 Å². The molecule has 0 fully saturated rings. The van der Waals surface area contributed by atoms with Gasteiger partial charge in [-0.25, -0.2) is 0 Å². The van der Waals surface area contributed by atoms with Gasteiger partial charge in [0.15, 0.2) is 0 Å². The second-order valence-electron chi connectivity index (χ2n) is 3.50. The van der Waals surface area contributed by atoms with Crippen molar-refractivity contribution in [1.82, 2.24) is 5.32 Å². The third-order valence-electron chi connectivity index (χ3n) is 2.27. The maximum atomic E-state index is 3.92. The Balaban J connectivity index is 2.63. The summed E-state index contributed by atoms with van der Waals surface area (Å²) >= 11 is 0. The molecular formula is C11H17N. The van der Waals surface area contributed by atoms with Crippen LogP contribution in [0.5, 0.6) is 0 Å². The molecule has 1 N–H and O–H groups in total. The molecule has 1 aliphatic rings. The molecule has 0 saturated carbocycles. The summed E-state index contributed by atoms with van der Waals surface area (Å²) in [6.45, 7) is 8.30. The first-order valence-electron chi connectivity index (χ1n) is 4.35. The van der Waals surface area contributed by atoms with E-state index in [4.69, 9.17) is 0 Å². The molecule has 0 aromatic rings. The zero-order chi connectivity index (χ0) is 9.14. The Bertz CT molecular complexity index is 256. The number of nitrogens with one attached hydrogen (secondary N) is 1. The van der Waals surface area contributed by atoms with Crippen LogP contribution in [0.1, 0.15) is 26.7 Å². The van der Waals surface area contributed by atoms with Crippen molar-refractivity contribution in [3.8, 4) is 0 Å². The first kappa shape index (κ1) is 9.11. The molecule has 1 aliphatic carbocycles. The molecule has 0 spiro atoms. The largest absolute Gasteiger partial charge is 0.392 e. The van der Waals surface area contributed by atoms with Crippen LogP contribution in [-0.4, -0.2) is 7.05 Å². The Morgan fingerprint density at radius 3 is 2.67 bits per heavy atom. The highest BCUT2D eigenvalue weighted by atomic mass is 14.8. The van der Waals surface area contributed by atoms with E-state index in [1.807, 2.05) is 7.05 Å². The van der Waals surface area contributed by atoms with Crippen LogP contribution in [0.25, 0.3) is 0 Å². The molecule has 1 rings (SSSR count). The second-order valence-corrected chi connectivity index (χ2v) is 3.50. The number of allylic oxidation sites excluding steroid dienone is 4. The van der Waals surface area contributed by atoms with E-state index in [0.717, 1.165) is 18.5 Å². The molecule has 0 radical (unpaired) electrons. The molecule has 0 bridgehead atoms. The lowest BCUT2D eigenvalue weighted by molar-refractivity contribution is 0.925. The fourth-order valence-corrected chi connectivity index (χ4v) is 1.52. The summed E-state index contributed by atoms with van der Waals surface area (Å²) in [5, 5.41) is 3.07. The maximum absolute atomic E-state index is 3.92. The lowest BCUT2D eigenvalue weighted by Gasteiger charge is -2.05. The van der Waals surface area contributed by atoms with E-state index >= 15 is 0 Å². The van der Waals surface area contributed by atoms with E-state index < -0.39 is 0 Å². The zero-order valence-electron chi connectivity index (χ0n) is 8.20. The van der Waals surface area contributed by atoms with E-state index in [2.05, 4.69) is 31.8 Å². The lowest BCUT2D eigenvalue weighted by Crippen LogP contribution is -2.04. The number of hydrogen-bond donors (Lipinski definition) is 1. The molecule has 1 heteroatoms. The summed E-state index contributed by atoms with van der Waals surface area (Å²) in [6, 6.07) is 0. The van der Waals surface area contributed by atoms with Crippen molar-refractivity contribution >= 4 is 0 Å². The van der Waals surface area contributed by atoms with Crippen molar-refractivity contribution in [2.75, 3.05) is 7.05 Å². The van der Waals surface area contributed by atoms with Crippen molar-refractivity contribution in [3.05, 3.63) is 35.1 Å². The fraction of sp³-hybridized carbons (Fsp3) is 0.455. The van der Waals surface area contributed by atoms with Gasteiger partial charge in [0, 0.05) is 19.2 Å². The normalized spacial score (nSPS) is 16.4. The molecule has 1 nitrogen and oxygen atoms in total. The molecule has 0 unspecified atom stereocenters. The lowest BCUT2D eigenvalue weighted by atomic mass is 10.1. The van der Waals surface area contributed by atoms with Gasteiger partial charge in [-0.2, -0.15) is 0 Å². The molecule has 12 heavy (non-hydrogen) atoms. The molecule has 0 atom stereocenters. The summed E-state index contributed by atoms with van der Waals surface area (Å²) in [5.74, 6) is 0. The smallest absolute Gasteiger partial charge is 0.0116 e. The first-order chi connectivity index (χ1) is 5.63. The predicted molar refractivity (Wildman–Crippen MR) is 53.9 cm³/mol. The van der Waals surface area contributed by atoms with Crippen molar-refractivity contribution in [1.29, 1.82) is 0 Å². The minimum atomic E-state index is 0.972. The Hall–Kier alpha value is -0.980. The quantitative estimate of drug-likeness (QED) is 0.674. The van der Waals surface area contributed by atoms with Crippen LogP contribution < -0.4 is 5.32 Å². The van der Waals surface area contributed by atoms with Gasteiger partial charge in [0.1, 0.15) is 0 Å². The maximum Gasteiger partial charge on any atom is 0.0116 e. The summed E-state index contributed by atoms with van der Waals surface area (Å²) in [7, 11) is 1.92. The topological polar surface area (TPSA) is 12.0 Å². The molecule has 0 aliphatic heterocycles. The molecule has 0 aromatic heterocycles. The van der Waals surface area contributed by atoms with Gasteiger partial charge in [-0.15, -0.1) is 0 Å². The monoisotopic (exact) mass is 163 g/mol. The van der Waals surface area contributed by atoms with Crippen molar-refractivity contribution in [2.24, 2.45) is 0 Å². The second kappa shape index (κ2) is 3.61. The Labute approximate surface area is 74.9 Å². The third-order valence-corrected chi connectivity index (χ3v) is 2.27. The van der Waals surface area contributed by atoms with Crippen LogP contribution >= 0.6 is 0 Å². The molecule has 0 saturated heterocycles. The van der Waals surface area contributed by atoms with Crippen LogP contribution in [0.2, 0.25) is 0 Å². The van der Waals surface area contributed by atoms with Crippen LogP contribution in [0.4, 0.5) is 0 Å². The van der Waals surface area contributed by atoms with Gasteiger partial charge in [0.05, 0.1) is 0 Å². The zero-order valence-corrected chi connectivity index (χ0v) is 8.20. The van der Waals surface area contributed by atoms with Crippen LogP contribution in [0, 0.1) is 0 Å². The van der Waals surface area contributed by atoms with E-state index in [1.165, 1.54) is 16.7 Å². The highest BCUT2D eigenvalue weighted by Crippen LogP contribution is 2.27. The van der Waals surface area contributed by atoms with Gasteiger partial charge in [-0.05, 0) is 25.8 Å². The van der Waals surface area contributed by atoms with Crippen molar-refractivity contribution < 1.29 is 0 Å². The Kier molecular flexibility index (Phi) is 2.74. The van der Waals surface area contributed by atoms with Crippen LogP contribution in [0.3, 0.4) is 0 Å². The minimum absolute atomic E-state index is 0.972. The SMILES string of the molecule is C=C(CC1=C(C)CC(C)=C1)NC. The van der Waals surface area contributed by atoms with Crippen molar-refractivity contribution in [2.45, 2.75) is 26.7 Å². The van der Waals surface area contributed by atoms with Gasteiger partial charge >= 0.3 is 0 Å². The molecule has 66 valence electrons. The molecule has 0 heterocycles. The molecular weight excluding hydrogens is 146 g/mol. The summed E-state index contributed by atoms with van der Waals surface area (Å²) in [6.07, 6.45) is 4.39. The van der Waals surface area contributed by atoms with E-state index in [-0.39, 0.29) is 0 Å². The first-order valence-corrected chi connectivity index (χ1v) is 4.35. The standard InChI is InChI=1S/C11H17N/c1-8-5-9(2)11(6-8)7-10(3)12-4/h6,12H,3,5,7H2,1-2,4H3. The number of hydrogen-bond acceptors (Lipinski definition) is 1. The third kappa shape index (κ3) is 2.00.